The molecule has 74 valence electrons. The first kappa shape index (κ1) is 10.4. The summed E-state index contributed by atoms with van der Waals surface area (Å²) in [6.07, 6.45) is 0.679. The van der Waals surface area contributed by atoms with Crippen LogP contribution in [-0.2, 0) is 0 Å². The second-order valence-corrected chi connectivity index (χ2v) is 2.80. The van der Waals surface area contributed by atoms with Gasteiger partial charge in [0.05, 0.1) is 12.7 Å². The van der Waals surface area contributed by atoms with Crippen molar-refractivity contribution in [2.24, 2.45) is 5.73 Å². The van der Waals surface area contributed by atoms with Crippen LogP contribution in [0.1, 0.15) is 12.0 Å². The molecule has 0 unspecified atom stereocenters. The second-order valence-electron chi connectivity index (χ2n) is 2.80. The normalized spacial score (nSPS) is 9.00. The Kier molecular flexibility index (Phi) is 3.84. The molecule has 1 aromatic carbocycles. The van der Waals surface area contributed by atoms with Crippen molar-refractivity contribution in [3.05, 3.63) is 23.8 Å². The van der Waals surface area contributed by atoms with Gasteiger partial charge >= 0.3 is 0 Å². The van der Waals surface area contributed by atoms with Crippen molar-refractivity contribution in [3.8, 4) is 17.6 Å². The van der Waals surface area contributed by atoms with Gasteiger partial charge < -0.3 is 16.2 Å². The van der Waals surface area contributed by atoms with Gasteiger partial charge in [-0.3, -0.25) is 0 Å². The van der Waals surface area contributed by atoms with E-state index in [0.29, 0.717) is 18.7 Å². The SMILES string of the molecule is COc1ccc(N)cc1C#CCCN. The molecule has 0 aliphatic rings. The van der Waals surface area contributed by atoms with Crippen LogP contribution < -0.4 is 16.2 Å². The van der Waals surface area contributed by atoms with Crippen LogP contribution in [0.25, 0.3) is 0 Å². The highest BCUT2D eigenvalue weighted by Crippen LogP contribution is 2.19. The zero-order chi connectivity index (χ0) is 10.4. The van der Waals surface area contributed by atoms with Gasteiger partial charge in [-0.2, -0.15) is 0 Å². The van der Waals surface area contributed by atoms with E-state index in [1.54, 1.807) is 19.2 Å². The first-order chi connectivity index (χ1) is 6.77. The Morgan fingerprint density at radius 1 is 1.43 bits per heavy atom. The van der Waals surface area contributed by atoms with Crippen molar-refractivity contribution in [2.75, 3.05) is 19.4 Å². The molecule has 0 aliphatic heterocycles. The number of hydrogen-bond acceptors (Lipinski definition) is 3. The monoisotopic (exact) mass is 190 g/mol. The summed E-state index contributed by atoms with van der Waals surface area (Å²) in [5.74, 6) is 6.65. The number of benzene rings is 1. The third-order valence-electron chi connectivity index (χ3n) is 1.72. The van der Waals surface area contributed by atoms with E-state index >= 15 is 0 Å². The van der Waals surface area contributed by atoms with Gasteiger partial charge in [-0.25, -0.2) is 0 Å². The Balaban J connectivity index is 2.94. The predicted molar refractivity (Wildman–Crippen MR) is 58.0 cm³/mol. The van der Waals surface area contributed by atoms with Crippen molar-refractivity contribution < 1.29 is 4.74 Å². The first-order valence-corrected chi connectivity index (χ1v) is 4.40. The molecule has 0 spiro atoms. The standard InChI is InChI=1S/C11H14N2O/c1-14-11-6-5-10(13)8-9(11)4-2-3-7-12/h5-6,8H,3,7,12-13H2,1H3. The Bertz CT molecular complexity index is 363. The maximum Gasteiger partial charge on any atom is 0.134 e. The van der Waals surface area contributed by atoms with E-state index in [-0.39, 0.29) is 0 Å². The summed E-state index contributed by atoms with van der Waals surface area (Å²) in [6.45, 7) is 0.567. The molecule has 1 aromatic rings. The molecule has 1 rings (SSSR count). The van der Waals surface area contributed by atoms with Gasteiger partial charge in [-0.1, -0.05) is 11.8 Å². The fourth-order valence-corrected chi connectivity index (χ4v) is 1.05. The van der Waals surface area contributed by atoms with Crippen LogP contribution >= 0.6 is 0 Å². The van der Waals surface area contributed by atoms with Crippen molar-refractivity contribution in [1.82, 2.24) is 0 Å². The molecule has 0 atom stereocenters. The molecule has 0 radical (unpaired) electrons. The molecule has 0 aromatic heterocycles. The number of nitrogens with two attached hydrogens (primary N) is 2. The number of ether oxygens (including phenoxy) is 1. The summed E-state index contributed by atoms with van der Waals surface area (Å²) in [6, 6.07) is 5.39. The minimum absolute atomic E-state index is 0.567. The molecule has 0 heterocycles. The molecule has 4 N–H and O–H groups in total. The Morgan fingerprint density at radius 3 is 2.86 bits per heavy atom. The summed E-state index contributed by atoms with van der Waals surface area (Å²) in [7, 11) is 1.61. The molecule has 14 heavy (non-hydrogen) atoms. The van der Waals surface area contributed by atoms with Crippen molar-refractivity contribution in [3.63, 3.8) is 0 Å². The smallest absolute Gasteiger partial charge is 0.134 e. The van der Waals surface area contributed by atoms with Crippen LogP contribution in [0.2, 0.25) is 0 Å². The zero-order valence-electron chi connectivity index (χ0n) is 8.21. The number of methoxy groups -OCH3 is 1. The number of anilines is 1. The van der Waals surface area contributed by atoms with Crippen molar-refractivity contribution in [2.45, 2.75) is 6.42 Å². The number of rotatable bonds is 2. The minimum Gasteiger partial charge on any atom is -0.495 e. The van der Waals surface area contributed by atoms with Crippen molar-refractivity contribution in [1.29, 1.82) is 0 Å². The molecule has 0 saturated heterocycles. The Labute approximate surface area is 84.0 Å². The van der Waals surface area contributed by atoms with Gasteiger partial charge in [0.25, 0.3) is 0 Å². The largest absolute Gasteiger partial charge is 0.495 e. The fourth-order valence-electron chi connectivity index (χ4n) is 1.05. The van der Waals surface area contributed by atoms with Crippen LogP contribution in [0.15, 0.2) is 18.2 Å². The lowest BCUT2D eigenvalue weighted by Gasteiger charge is -2.03. The fraction of sp³-hybridized carbons (Fsp3) is 0.273. The summed E-state index contributed by atoms with van der Waals surface area (Å²) in [5, 5.41) is 0. The molecule has 0 fully saturated rings. The molecule has 0 amide bonds. The van der Waals surface area contributed by atoms with Gasteiger partial charge in [0.1, 0.15) is 5.75 Å². The average molecular weight is 190 g/mol. The van der Waals surface area contributed by atoms with Crippen LogP contribution in [0, 0.1) is 11.8 Å². The maximum atomic E-state index is 5.64. The Hall–Kier alpha value is -1.66. The van der Waals surface area contributed by atoms with E-state index in [9.17, 15) is 0 Å². The summed E-state index contributed by atoms with van der Waals surface area (Å²) in [4.78, 5) is 0. The van der Waals surface area contributed by atoms with Crippen molar-refractivity contribution >= 4 is 5.69 Å². The Morgan fingerprint density at radius 2 is 2.21 bits per heavy atom. The highest BCUT2D eigenvalue weighted by atomic mass is 16.5. The van der Waals surface area contributed by atoms with E-state index < -0.39 is 0 Å². The summed E-state index contributed by atoms with van der Waals surface area (Å²) < 4.78 is 5.14. The van der Waals surface area contributed by atoms with E-state index in [1.807, 2.05) is 6.07 Å². The molecule has 0 aliphatic carbocycles. The lowest BCUT2D eigenvalue weighted by Crippen LogP contribution is -1.96. The molecular formula is C11H14N2O. The van der Waals surface area contributed by atoms with Gasteiger partial charge in [-0.15, -0.1) is 0 Å². The third kappa shape index (κ3) is 2.68. The van der Waals surface area contributed by atoms with Crippen LogP contribution in [-0.4, -0.2) is 13.7 Å². The highest BCUT2D eigenvalue weighted by Gasteiger charge is 1.98. The predicted octanol–water partition coefficient (Wildman–Crippen LogP) is 0.978. The van der Waals surface area contributed by atoms with Gasteiger partial charge in [-0.05, 0) is 18.2 Å². The number of hydrogen-bond donors (Lipinski definition) is 2. The molecule has 0 bridgehead atoms. The molecule has 3 heteroatoms. The summed E-state index contributed by atoms with van der Waals surface area (Å²) in [5.41, 5.74) is 12.5. The molecule has 0 saturated carbocycles. The van der Waals surface area contributed by atoms with E-state index in [4.69, 9.17) is 16.2 Å². The van der Waals surface area contributed by atoms with Gasteiger partial charge in [0.2, 0.25) is 0 Å². The number of nitrogen functional groups attached to an aromatic ring is 1. The molecule has 3 nitrogen and oxygen atoms in total. The topological polar surface area (TPSA) is 61.3 Å². The third-order valence-corrected chi connectivity index (χ3v) is 1.72. The zero-order valence-corrected chi connectivity index (χ0v) is 8.21. The second kappa shape index (κ2) is 5.15. The minimum atomic E-state index is 0.567. The van der Waals surface area contributed by atoms with Crippen LogP contribution in [0.3, 0.4) is 0 Å². The maximum absolute atomic E-state index is 5.64. The summed E-state index contributed by atoms with van der Waals surface area (Å²) >= 11 is 0. The quantitative estimate of drug-likeness (QED) is 0.539. The van der Waals surface area contributed by atoms with Gasteiger partial charge in [0, 0.05) is 18.7 Å². The van der Waals surface area contributed by atoms with E-state index in [0.717, 1.165) is 11.3 Å². The van der Waals surface area contributed by atoms with Crippen LogP contribution in [0.5, 0.6) is 5.75 Å². The highest BCUT2D eigenvalue weighted by molar-refractivity contribution is 5.54. The van der Waals surface area contributed by atoms with Gasteiger partial charge in [0.15, 0.2) is 0 Å². The average Bonchev–Trinajstić information content (AvgIpc) is 2.19. The lowest BCUT2D eigenvalue weighted by atomic mass is 10.2. The lowest BCUT2D eigenvalue weighted by molar-refractivity contribution is 0.413. The molecular weight excluding hydrogens is 176 g/mol. The van der Waals surface area contributed by atoms with Crippen LogP contribution in [0.4, 0.5) is 5.69 Å². The van der Waals surface area contributed by atoms with E-state index in [1.165, 1.54) is 0 Å². The first-order valence-electron chi connectivity index (χ1n) is 4.40. The van der Waals surface area contributed by atoms with E-state index in [2.05, 4.69) is 11.8 Å².